The molecule has 3 aliphatic rings. The van der Waals surface area contributed by atoms with Crippen LogP contribution in [0.1, 0.15) is 63.3 Å². The van der Waals surface area contributed by atoms with Crippen molar-refractivity contribution in [2.24, 2.45) is 0 Å². The first kappa shape index (κ1) is 22.1. The number of methoxy groups -OCH3 is 2. The van der Waals surface area contributed by atoms with Gasteiger partial charge in [-0.3, -0.25) is 14.5 Å². The van der Waals surface area contributed by atoms with Gasteiger partial charge in [0.1, 0.15) is 0 Å². The van der Waals surface area contributed by atoms with E-state index in [0.717, 1.165) is 47.8 Å². The molecule has 2 bridgehead atoms. The lowest BCUT2D eigenvalue weighted by atomic mass is 9.83. The van der Waals surface area contributed by atoms with E-state index in [1.807, 2.05) is 26.0 Å². The van der Waals surface area contributed by atoms with Gasteiger partial charge in [-0.25, -0.2) is 0 Å². The quantitative estimate of drug-likeness (QED) is 0.646. The summed E-state index contributed by atoms with van der Waals surface area (Å²) >= 11 is 0. The molecule has 1 saturated heterocycles. The Labute approximate surface area is 194 Å². The van der Waals surface area contributed by atoms with E-state index in [-0.39, 0.29) is 23.9 Å². The lowest BCUT2D eigenvalue weighted by Gasteiger charge is -2.52. The van der Waals surface area contributed by atoms with Gasteiger partial charge in [-0.15, -0.1) is 0 Å². The number of hydrogen-bond donors (Lipinski definition) is 3. The summed E-state index contributed by atoms with van der Waals surface area (Å²) in [6, 6.07) is 3.63. The van der Waals surface area contributed by atoms with Crippen molar-refractivity contribution in [1.82, 2.24) is 20.5 Å². The molecule has 3 heterocycles. The van der Waals surface area contributed by atoms with E-state index >= 15 is 0 Å². The highest BCUT2D eigenvalue weighted by atomic mass is 16.5. The van der Waals surface area contributed by atoms with Crippen molar-refractivity contribution in [3.8, 4) is 11.5 Å². The van der Waals surface area contributed by atoms with E-state index in [9.17, 15) is 9.59 Å². The number of hydrogen-bond acceptors (Lipinski definition) is 5. The van der Waals surface area contributed by atoms with Crippen LogP contribution in [0.15, 0.2) is 12.1 Å². The minimum Gasteiger partial charge on any atom is -0.493 e. The largest absolute Gasteiger partial charge is 0.493 e. The highest BCUT2D eigenvalue weighted by molar-refractivity contribution is 5.93. The van der Waals surface area contributed by atoms with E-state index < -0.39 is 11.6 Å². The number of carbonyl (C=O) groups excluding carboxylic acids is 2. The zero-order chi connectivity index (χ0) is 23.3. The van der Waals surface area contributed by atoms with Crippen molar-refractivity contribution in [3.05, 3.63) is 23.4 Å². The third kappa shape index (κ3) is 3.55. The number of aromatic amines is 1. The van der Waals surface area contributed by atoms with Crippen LogP contribution < -0.4 is 20.1 Å². The number of aromatic nitrogens is 1. The van der Waals surface area contributed by atoms with Gasteiger partial charge in [0.2, 0.25) is 11.8 Å². The molecule has 33 heavy (non-hydrogen) atoms. The number of H-pyrrole nitrogens is 1. The number of carbonyl (C=O) groups is 2. The summed E-state index contributed by atoms with van der Waals surface area (Å²) in [6.07, 6.45) is 6.16. The Kier molecular flexibility index (Phi) is 5.51. The number of benzene rings is 1. The predicted molar refractivity (Wildman–Crippen MR) is 126 cm³/mol. The fraction of sp³-hybridized carbons (Fsp3) is 0.600. The van der Waals surface area contributed by atoms with Crippen molar-refractivity contribution >= 4 is 22.7 Å². The molecule has 8 heteroatoms. The number of nitrogens with zero attached hydrogens (tertiary/aromatic N) is 1. The smallest absolute Gasteiger partial charge is 0.240 e. The first-order valence-electron chi connectivity index (χ1n) is 12.0. The Hall–Kier alpha value is -2.74. The number of rotatable bonds is 5. The molecular weight excluding hydrogens is 420 g/mol. The van der Waals surface area contributed by atoms with E-state index in [4.69, 9.17) is 9.47 Å². The molecule has 1 aromatic carbocycles. The maximum absolute atomic E-state index is 13.5. The Morgan fingerprint density at radius 2 is 1.79 bits per heavy atom. The van der Waals surface area contributed by atoms with Gasteiger partial charge in [-0.2, -0.15) is 0 Å². The van der Waals surface area contributed by atoms with E-state index in [1.54, 1.807) is 14.2 Å². The van der Waals surface area contributed by atoms with Gasteiger partial charge >= 0.3 is 0 Å². The molecular formula is C25H34N4O4. The van der Waals surface area contributed by atoms with Crippen LogP contribution in [-0.2, 0) is 16.0 Å². The summed E-state index contributed by atoms with van der Waals surface area (Å²) in [7, 11) is 3.25. The fourth-order valence-electron chi connectivity index (χ4n) is 5.99. The number of ether oxygens (including phenoxy) is 2. The summed E-state index contributed by atoms with van der Waals surface area (Å²) in [5, 5.41) is 7.38. The molecule has 2 amide bonds. The first-order chi connectivity index (χ1) is 15.8. The van der Waals surface area contributed by atoms with Gasteiger partial charge in [-0.1, -0.05) is 19.3 Å². The molecule has 2 aromatic rings. The Morgan fingerprint density at radius 1 is 1.09 bits per heavy atom. The second kappa shape index (κ2) is 8.24. The molecule has 0 unspecified atom stereocenters. The average Bonchev–Trinajstić information content (AvgIpc) is 3.17. The third-order valence-electron chi connectivity index (χ3n) is 7.76. The lowest BCUT2D eigenvalue weighted by Crippen LogP contribution is -2.69. The zero-order valence-corrected chi connectivity index (χ0v) is 19.9. The number of amides is 2. The molecule has 8 nitrogen and oxygen atoms in total. The summed E-state index contributed by atoms with van der Waals surface area (Å²) in [4.78, 5) is 32.2. The summed E-state index contributed by atoms with van der Waals surface area (Å²) < 4.78 is 11.0. The maximum atomic E-state index is 13.5. The molecule has 3 N–H and O–H groups in total. The summed E-state index contributed by atoms with van der Waals surface area (Å²) in [5.74, 6) is 1.30. The normalized spacial score (nSPS) is 23.7. The fourth-order valence-corrected chi connectivity index (χ4v) is 5.99. The van der Waals surface area contributed by atoms with Crippen LogP contribution >= 0.6 is 0 Å². The first-order valence-corrected chi connectivity index (χ1v) is 12.0. The van der Waals surface area contributed by atoms with Gasteiger partial charge in [0.15, 0.2) is 11.5 Å². The Balaban J connectivity index is 1.53. The molecule has 1 aromatic heterocycles. The molecule has 0 radical (unpaired) electrons. The van der Waals surface area contributed by atoms with Crippen LogP contribution in [0.3, 0.4) is 0 Å². The van der Waals surface area contributed by atoms with Crippen molar-refractivity contribution in [1.29, 1.82) is 0 Å². The Morgan fingerprint density at radius 3 is 2.48 bits per heavy atom. The topological polar surface area (TPSA) is 95.7 Å². The van der Waals surface area contributed by atoms with Crippen LogP contribution in [0.4, 0.5) is 0 Å². The third-order valence-corrected chi connectivity index (χ3v) is 7.76. The van der Waals surface area contributed by atoms with Crippen molar-refractivity contribution in [3.63, 3.8) is 0 Å². The van der Waals surface area contributed by atoms with Crippen molar-refractivity contribution in [2.45, 2.75) is 76.0 Å². The Bertz CT molecular complexity index is 1090. The van der Waals surface area contributed by atoms with Crippen LogP contribution in [0.5, 0.6) is 11.5 Å². The molecule has 2 fully saturated rings. The molecule has 178 valence electrons. The highest BCUT2D eigenvalue weighted by Gasteiger charge is 2.52. The van der Waals surface area contributed by atoms with Crippen molar-refractivity contribution in [2.75, 3.05) is 20.8 Å². The second-order valence-electron chi connectivity index (χ2n) is 10.0. The summed E-state index contributed by atoms with van der Waals surface area (Å²) in [6.45, 7) is 4.36. The van der Waals surface area contributed by atoms with Gasteiger partial charge in [0.05, 0.1) is 31.8 Å². The zero-order valence-electron chi connectivity index (χ0n) is 19.9. The average molecular weight is 455 g/mol. The maximum Gasteiger partial charge on any atom is 0.240 e. The van der Waals surface area contributed by atoms with Gasteiger partial charge in [0.25, 0.3) is 0 Å². The summed E-state index contributed by atoms with van der Waals surface area (Å²) in [5.41, 5.74) is 2.29. The van der Waals surface area contributed by atoms with Crippen LogP contribution in [-0.4, -0.2) is 60.1 Å². The molecule has 5 rings (SSSR count). The lowest BCUT2D eigenvalue weighted by molar-refractivity contribution is -0.147. The minimum absolute atomic E-state index is 0.00185. The minimum atomic E-state index is -0.824. The van der Waals surface area contributed by atoms with Gasteiger partial charge in [-0.05, 0) is 44.7 Å². The predicted octanol–water partition coefficient (Wildman–Crippen LogP) is 2.81. The number of piperazine rings is 1. The van der Waals surface area contributed by atoms with Gasteiger partial charge < -0.3 is 25.1 Å². The van der Waals surface area contributed by atoms with E-state index in [1.165, 1.54) is 6.42 Å². The van der Waals surface area contributed by atoms with E-state index in [2.05, 4.69) is 20.5 Å². The van der Waals surface area contributed by atoms with Crippen LogP contribution in [0.25, 0.3) is 10.9 Å². The number of fused-ring (bicyclic) bond motifs is 6. The second-order valence-corrected chi connectivity index (χ2v) is 10.0. The number of nitrogens with one attached hydrogen (secondary N) is 3. The van der Waals surface area contributed by atoms with E-state index in [0.29, 0.717) is 24.5 Å². The van der Waals surface area contributed by atoms with Crippen molar-refractivity contribution < 1.29 is 19.1 Å². The SMILES string of the molecule is COc1cc2[nH]c3c(c2cc1OC)C[C@H]1C(=O)NC[C@@H]3N1C(C)(C)C(=O)NC1CCCCC1. The highest BCUT2D eigenvalue weighted by Crippen LogP contribution is 2.44. The van der Waals surface area contributed by atoms with Gasteiger partial charge in [0, 0.05) is 35.2 Å². The monoisotopic (exact) mass is 454 g/mol. The molecule has 1 saturated carbocycles. The molecule has 2 aliphatic heterocycles. The molecule has 0 spiro atoms. The van der Waals surface area contributed by atoms with Crippen LogP contribution in [0.2, 0.25) is 0 Å². The standard InChI is InChI=1S/C25H34N4O4/c1-25(2,24(31)27-14-8-6-5-7-9-14)29-18-10-16-15-11-20(32-3)21(33-4)12-17(15)28-22(16)19(29)13-26-23(18)30/h11-12,14,18-19,28H,5-10,13H2,1-4H3,(H,26,30)(H,27,31)/t18-,19-/m0/s1. The van der Waals surface area contributed by atoms with Crippen LogP contribution in [0, 0.1) is 0 Å². The molecule has 2 atom stereocenters. The molecule has 1 aliphatic carbocycles.